The molecule has 0 saturated carbocycles. The highest BCUT2D eigenvalue weighted by molar-refractivity contribution is 7.89. The predicted molar refractivity (Wildman–Crippen MR) is 146 cm³/mol. The van der Waals surface area contributed by atoms with E-state index < -0.39 is 15.7 Å². The number of carbonyl (C=O) groups excluding carboxylic acids is 1. The van der Waals surface area contributed by atoms with E-state index in [-0.39, 0.29) is 36.0 Å². The Kier molecular flexibility index (Phi) is 6.35. The zero-order valence-corrected chi connectivity index (χ0v) is 22.7. The first-order valence-electron chi connectivity index (χ1n) is 12.7. The third-order valence-corrected chi connectivity index (χ3v) is 10.1. The van der Waals surface area contributed by atoms with Crippen molar-refractivity contribution in [2.75, 3.05) is 51.3 Å². The van der Waals surface area contributed by atoms with Crippen molar-refractivity contribution in [3.8, 4) is 0 Å². The number of piperazine rings is 1. The molecule has 9 nitrogen and oxygen atoms in total. The van der Waals surface area contributed by atoms with Crippen LogP contribution in [0.4, 0.5) is 5.69 Å². The van der Waals surface area contributed by atoms with Crippen LogP contribution in [0.3, 0.4) is 0 Å². The quantitative estimate of drug-likeness (QED) is 0.517. The molecule has 3 saturated heterocycles. The Bertz CT molecular complexity index is 1480. The molecule has 1 amide bonds. The molecular weight excluding hydrogens is 526 g/mol. The Morgan fingerprint density at radius 1 is 1.03 bits per heavy atom. The van der Waals surface area contributed by atoms with E-state index in [2.05, 4.69) is 15.2 Å². The molecule has 1 spiro atoms. The van der Waals surface area contributed by atoms with Gasteiger partial charge in [-0.2, -0.15) is 4.31 Å². The molecule has 3 aliphatic heterocycles. The van der Waals surface area contributed by atoms with E-state index in [0.29, 0.717) is 11.6 Å². The first-order chi connectivity index (χ1) is 18.2. The number of fused-ring (bicyclic) bond motifs is 2. The van der Waals surface area contributed by atoms with Gasteiger partial charge in [0.05, 0.1) is 24.6 Å². The highest BCUT2D eigenvalue weighted by Crippen LogP contribution is 2.39. The van der Waals surface area contributed by atoms with Crippen molar-refractivity contribution in [3.05, 3.63) is 65.9 Å². The molecule has 3 fully saturated rings. The number of benzene rings is 2. The van der Waals surface area contributed by atoms with Crippen LogP contribution >= 0.6 is 11.6 Å². The number of ether oxygens (including phenoxy) is 1. The number of nitrogens with zero attached hydrogens (tertiary/aromatic N) is 4. The van der Waals surface area contributed by atoms with E-state index in [4.69, 9.17) is 16.3 Å². The van der Waals surface area contributed by atoms with Gasteiger partial charge in [0.25, 0.3) is 0 Å². The van der Waals surface area contributed by atoms with Crippen molar-refractivity contribution in [2.45, 2.75) is 28.9 Å². The molecule has 1 aromatic heterocycles. The van der Waals surface area contributed by atoms with Crippen LogP contribution in [0.2, 0.25) is 5.02 Å². The van der Waals surface area contributed by atoms with Crippen LogP contribution in [0.1, 0.15) is 12.8 Å². The molecule has 200 valence electrons. The molecule has 0 unspecified atom stereocenters. The molecule has 2 aromatic carbocycles. The number of anilines is 1. The van der Waals surface area contributed by atoms with Crippen molar-refractivity contribution in [1.82, 2.24) is 19.5 Å². The first kappa shape index (κ1) is 25.5. The van der Waals surface area contributed by atoms with E-state index in [9.17, 15) is 13.2 Å². The SMILES string of the molecule is COC[C@@]12CN(S(=O)(=O)c3ccc4cc(Cl)ccc4c3)CC(=O)N1CC1(CCN(c3ccncc3)CC1)N2. The average molecular weight is 556 g/mol. The largest absolute Gasteiger partial charge is 0.381 e. The van der Waals surface area contributed by atoms with Crippen LogP contribution in [0.15, 0.2) is 65.8 Å². The lowest BCUT2D eigenvalue weighted by molar-refractivity contribution is -0.144. The van der Waals surface area contributed by atoms with E-state index in [0.717, 1.165) is 42.4 Å². The van der Waals surface area contributed by atoms with Gasteiger partial charge in [-0.15, -0.1) is 0 Å². The zero-order valence-electron chi connectivity index (χ0n) is 21.1. The van der Waals surface area contributed by atoms with Crippen LogP contribution < -0.4 is 10.2 Å². The summed E-state index contributed by atoms with van der Waals surface area (Å²) in [6.07, 6.45) is 5.23. The number of carbonyl (C=O) groups is 1. The summed E-state index contributed by atoms with van der Waals surface area (Å²) in [7, 11) is -2.35. The fourth-order valence-corrected chi connectivity index (χ4v) is 7.85. The van der Waals surface area contributed by atoms with Crippen LogP contribution in [-0.4, -0.2) is 86.2 Å². The highest BCUT2D eigenvalue weighted by Gasteiger charge is 2.59. The molecular formula is C27H30ClN5O4S. The molecule has 38 heavy (non-hydrogen) atoms. The van der Waals surface area contributed by atoms with E-state index >= 15 is 0 Å². The first-order valence-corrected chi connectivity index (χ1v) is 14.5. The Morgan fingerprint density at radius 3 is 2.47 bits per heavy atom. The molecule has 6 rings (SSSR count). The molecule has 11 heteroatoms. The molecule has 3 aliphatic rings. The molecule has 0 bridgehead atoms. The average Bonchev–Trinajstić information content (AvgIpc) is 3.23. The second-order valence-electron chi connectivity index (χ2n) is 10.5. The van der Waals surface area contributed by atoms with Crippen molar-refractivity contribution < 1.29 is 17.9 Å². The van der Waals surface area contributed by atoms with Crippen molar-refractivity contribution in [2.24, 2.45) is 0 Å². The van der Waals surface area contributed by atoms with Gasteiger partial charge in [0.1, 0.15) is 5.66 Å². The number of hydrogen-bond acceptors (Lipinski definition) is 7. The number of amides is 1. The van der Waals surface area contributed by atoms with Crippen molar-refractivity contribution in [1.29, 1.82) is 0 Å². The smallest absolute Gasteiger partial charge is 0.243 e. The molecule has 0 aliphatic carbocycles. The Morgan fingerprint density at radius 2 is 1.74 bits per heavy atom. The number of hydrogen-bond donors (Lipinski definition) is 1. The second-order valence-corrected chi connectivity index (χ2v) is 12.8. The van der Waals surface area contributed by atoms with Crippen LogP contribution in [0.5, 0.6) is 0 Å². The lowest BCUT2D eigenvalue weighted by Crippen LogP contribution is -2.70. The standard InChI is InChI=1S/C27H30ClN5O4S/c1-37-19-27-18-32(38(35,36)24-5-3-20-14-22(28)4-2-21(20)15-24)16-25(34)33(27)17-26(30-27)8-12-31(13-9-26)23-6-10-29-11-7-23/h2-7,10-11,14-15,30H,8-9,12-13,16-19H2,1H3/t27-/m1/s1. The maximum absolute atomic E-state index is 13.8. The third kappa shape index (κ3) is 4.34. The number of methoxy groups -OCH3 is 1. The fraction of sp³-hybridized carbons (Fsp3) is 0.407. The van der Waals surface area contributed by atoms with Gasteiger partial charge in [-0.05, 0) is 60.0 Å². The summed E-state index contributed by atoms with van der Waals surface area (Å²) in [5, 5.41) is 5.94. The number of piperidine rings is 1. The van der Waals surface area contributed by atoms with Gasteiger partial charge >= 0.3 is 0 Å². The molecule has 1 N–H and O–H groups in total. The van der Waals surface area contributed by atoms with Crippen LogP contribution in [0, 0.1) is 0 Å². The number of pyridine rings is 1. The monoisotopic (exact) mass is 555 g/mol. The zero-order chi connectivity index (χ0) is 26.5. The van der Waals surface area contributed by atoms with Gasteiger partial charge in [0.15, 0.2) is 0 Å². The maximum Gasteiger partial charge on any atom is 0.243 e. The van der Waals surface area contributed by atoms with Gasteiger partial charge in [-0.1, -0.05) is 23.7 Å². The topological polar surface area (TPSA) is 95.1 Å². The maximum atomic E-state index is 13.8. The molecule has 1 atom stereocenters. The normalized spacial score (nSPS) is 23.8. The molecule has 4 heterocycles. The minimum absolute atomic E-state index is 0.114. The molecule has 3 aromatic rings. The number of sulfonamides is 1. The van der Waals surface area contributed by atoms with Gasteiger partial charge < -0.3 is 14.5 Å². The number of rotatable bonds is 5. The Hall–Kier alpha value is -2.76. The summed E-state index contributed by atoms with van der Waals surface area (Å²) in [6.45, 7) is 2.29. The summed E-state index contributed by atoms with van der Waals surface area (Å²) in [5.41, 5.74) is -0.108. The Labute approximate surface area is 227 Å². The fourth-order valence-electron chi connectivity index (χ4n) is 6.19. The minimum Gasteiger partial charge on any atom is -0.381 e. The van der Waals surface area contributed by atoms with E-state index in [1.54, 1.807) is 55.9 Å². The minimum atomic E-state index is -3.94. The predicted octanol–water partition coefficient (Wildman–Crippen LogP) is 2.71. The van der Waals surface area contributed by atoms with Crippen LogP contribution in [-0.2, 0) is 19.6 Å². The summed E-state index contributed by atoms with van der Waals surface area (Å²) < 4.78 is 34.5. The van der Waals surface area contributed by atoms with Crippen molar-refractivity contribution in [3.63, 3.8) is 0 Å². The lowest BCUT2D eigenvalue weighted by Gasteiger charge is -2.45. The third-order valence-electron chi connectivity index (χ3n) is 8.07. The van der Waals surface area contributed by atoms with Gasteiger partial charge in [-0.25, -0.2) is 8.42 Å². The van der Waals surface area contributed by atoms with E-state index in [1.165, 1.54) is 4.31 Å². The van der Waals surface area contributed by atoms with Crippen molar-refractivity contribution >= 4 is 44.0 Å². The highest BCUT2D eigenvalue weighted by atomic mass is 35.5. The van der Waals surface area contributed by atoms with Gasteiger partial charge in [0, 0.05) is 55.4 Å². The summed E-state index contributed by atoms with van der Waals surface area (Å²) >= 11 is 6.09. The number of aromatic nitrogens is 1. The van der Waals surface area contributed by atoms with Crippen LogP contribution in [0.25, 0.3) is 10.8 Å². The summed E-state index contributed by atoms with van der Waals surface area (Å²) in [6, 6.07) is 14.3. The van der Waals surface area contributed by atoms with Gasteiger partial charge in [0.2, 0.25) is 15.9 Å². The van der Waals surface area contributed by atoms with E-state index in [1.807, 2.05) is 17.0 Å². The lowest BCUT2D eigenvalue weighted by atomic mass is 9.88. The summed E-state index contributed by atoms with van der Waals surface area (Å²) in [5.74, 6) is -0.217. The summed E-state index contributed by atoms with van der Waals surface area (Å²) in [4.78, 5) is 21.9. The van der Waals surface area contributed by atoms with Gasteiger partial charge in [-0.3, -0.25) is 15.1 Å². The number of nitrogens with one attached hydrogen (secondary N) is 1. The second kappa shape index (κ2) is 9.46. The Balaban J connectivity index is 1.26. The number of halogens is 1. The molecule has 0 radical (unpaired) electrons.